The van der Waals surface area contributed by atoms with Gasteiger partial charge in [-0.05, 0) is 19.3 Å². The molecule has 2 aliphatic heterocycles. The minimum atomic E-state index is -0.792. The van der Waals surface area contributed by atoms with E-state index >= 15 is 0 Å². The van der Waals surface area contributed by atoms with Crippen LogP contribution >= 0.6 is 0 Å². The molecule has 3 unspecified atom stereocenters. The van der Waals surface area contributed by atoms with Gasteiger partial charge in [-0.2, -0.15) is 0 Å². The number of aryl methyl sites for hydroxylation is 1. The van der Waals surface area contributed by atoms with Crippen LogP contribution in [0.1, 0.15) is 25.1 Å². The molecule has 3 heterocycles. The van der Waals surface area contributed by atoms with Gasteiger partial charge in [-0.3, -0.25) is 4.79 Å². The molecule has 2 fully saturated rings. The van der Waals surface area contributed by atoms with Crippen LogP contribution in [0, 0.1) is 5.92 Å². The molecule has 7 heteroatoms. The molecule has 2 saturated heterocycles. The highest BCUT2D eigenvalue weighted by atomic mass is 16.4. The van der Waals surface area contributed by atoms with E-state index in [9.17, 15) is 14.7 Å². The first kappa shape index (κ1) is 13.0. The Bertz CT molecular complexity index is 541. The van der Waals surface area contributed by atoms with Crippen molar-refractivity contribution >= 4 is 12.0 Å². The molecular formula is C13H18N4O3. The van der Waals surface area contributed by atoms with Gasteiger partial charge in [0.2, 0.25) is 0 Å². The smallest absolute Gasteiger partial charge is 0.318 e. The van der Waals surface area contributed by atoms with E-state index in [1.165, 1.54) is 0 Å². The molecule has 0 aliphatic carbocycles. The summed E-state index contributed by atoms with van der Waals surface area (Å²) >= 11 is 0. The lowest BCUT2D eigenvalue weighted by Crippen LogP contribution is -2.44. The van der Waals surface area contributed by atoms with E-state index in [-0.39, 0.29) is 18.1 Å². The number of hydrogen-bond acceptors (Lipinski definition) is 3. The number of carboxylic acids is 1. The van der Waals surface area contributed by atoms with E-state index in [1.54, 1.807) is 11.1 Å². The Balaban J connectivity index is 1.64. The average molecular weight is 278 g/mol. The molecule has 3 atom stereocenters. The molecule has 0 aromatic carbocycles. The normalized spacial score (nSPS) is 27.9. The third-order valence-corrected chi connectivity index (χ3v) is 4.41. The molecule has 0 radical (unpaired) electrons. The molecule has 1 aromatic rings. The third-order valence-electron chi connectivity index (χ3n) is 4.41. The number of urea groups is 1. The lowest BCUT2D eigenvalue weighted by molar-refractivity contribution is -0.142. The number of amides is 2. The van der Waals surface area contributed by atoms with Gasteiger partial charge in [0.15, 0.2) is 0 Å². The largest absolute Gasteiger partial charge is 0.481 e. The number of carbonyl (C=O) groups excluding carboxylic acids is 1. The Morgan fingerprint density at radius 1 is 1.50 bits per heavy atom. The Kier molecular flexibility index (Phi) is 3.11. The Morgan fingerprint density at radius 3 is 2.90 bits per heavy atom. The van der Waals surface area contributed by atoms with Crippen molar-refractivity contribution in [1.29, 1.82) is 0 Å². The summed E-state index contributed by atoms with van der Waals surface area (Å²) in [6.45, 7) is 0.357. The molecule has 108 valence electrons. The fourth-order valence-corrected chi connectivity index (χ4v) is 3.38. The summed E-state index contributed by atoms with van der Waals surface area (Å²) in [5.41, 5.74) is 0. The van der Waals surface area contributed by atoms with Gasteiger partial charge >= 0.3 is 12.0 Å². The van der Waals surface area contributed by atoms with Crippen LogP contribution in [0.5, 0.6) is 0 Å². The van der Waals surface area contributed by atoms with Crippen molar-refractivity contribution in [2.24, 2.45) is 13.0 Å². The fourth-order valence-electron chi connectivity index (χ4n) is 3.38. The first-order chi connectivity index (χ1) is 9.58. The second-order valence-corrected chi connectivity index (χ2v) is 5.50. The van der Waals surface area contributed by atoms with Crippen molar-refractivity contribution < 1.29 is 14.7 Å². The molecule has 2 bridgehead atoms. The maximum atomic E-state index is 12.3. The number of carboxylic acid groups (broad SMARTS) is 1. The number of rotatable bonds is 3. The summed E-state index contributed by atoms with van der Waals surface area (Å²) in [7, 11) is 1.87. The van der Waals surface area contributed by atoms with E-state index in [1.807, 2.05) is 17.8 Å². The quantitative estimate of drug-likeness (QED) is 0.846. The van der Waals surface area contributed by atoms with Crippen molar-refractivity contribution in [3.63, 3.8) is 0 Å². The average Bonchev–Trinajstić information content (AvgIpc) is 3.09. The molecule has 1 aromatic heterocycles. The summed E-state index contributed by atoms with van der Waals surface area (Å²) < 4.78 is 1.85. The molecule has 2 aliphatic rings. The lowest BCUT2D eigenvalue weighted by atomic mass is 9.89. The highest BCUT2D eigenvalue weighted by Gasteiger charge is 2.51. The summed E-state index contributed by atoms with van der Waals surface area (Å²) in [6.07, 6.45) is 5.78. The van der Waals surface area contributed by atoms with E-state index < -0.39 is 11.9 Å². The molecular weight excluding hydrogens is 260 g/mol. The number of imidazole rings is 1. The third kappa shape index (κ3) is 2.03. The van der Waals surface area contributed by atoms with Crippen LogP contribution < -0.4 is 5.32 Å². The van der Waals surface area contributed by atoms with Crippen LogP contribution in [0.2, 0.25) is 0 Å². The number of hydrogen-bond donors (Lipinski definition) is 2. The van der Waals surface area contributed by atoms with Gasteiger partial charge in [0.05, 0.1) is 12.5 Å². The van der Waals surface area contributed by atoms with E-state index in [0.717, 1.165) is 18.7 Å². The minimum absolute atomic E-state index is 0.0717. The minimum Gasteiger partial charge on any atom is -0.481 e. The van der Waals surface area contributed by atoms with Crippen LogP contribution in [0.25, 0.3) is 0 Å². The summed E-state index contributed by atoms with van der Waals surface area (Å²) in [4.78, 5) is 29.3. The molecule has 2 N–H and O–H groups in total. The monoisotopic (exact) mass is 278 g/mol. The molecule has 3 rings (SSSR count). The van der Waals surface area contributed by atoms with Gasteiger partial charge in [0.1, 0.15) is 5.82 Å². The lowest BCUT2D eigenvalue weighted by Gasteiger charge is -2.23. The summed E-state index contributed by atoms with van der Waals surface area (Å²) in [5, 5.41) is 12.0. The van der Waals surface area contributed by atoms with Gasteiger partial charge in [0.25, 0.3) is 0 Å². The van der Waals surface area contributed by atoms with E-state index in [4.69, 9.17) is 0 Å². The fraction of sp³-hybridized carbons (Fsp3) is 0.615. The van der Waals surface area contributed by atoms with Crippen molar-refractivity contribution in [2.45, 2.75) is 37.9 Å². The zero-order valence-electron chi connectivity index (χ0n) is 11.3. The Morgan fingerprint density at radius 2 is 2.30 bits per heavy atom. The highest BCUT2D eigenvalue weighted by molar-refractivity contribution is 5.79. The Hall–Kier alpha value is -2.05. The number of nitrogens with one attached hydrogen (secondary N) is 1. The maximum absolute atomic E-state index is 12.3. The van der Waals surface area contributed by atoms with Crippen LogP contribution in [0.15, 0.2) is 12.4 Å². The van der Waals surface area contributed by atoms with Gasteiger partial charge < -0.3 is 19.9 Å². The predicted octanol–water partition coefficient (Wildman–Crippen LogP) is 0.567. The second kappa shape index (κ2) is 4.81. The van der Waals surface area contributed by atoms with Crippen molar-refractivity contribution in [2.75, 3.05) is 0 Å². The number of nitrogens with zero attached hydrogens (tertiary/aromatic N) is 3. The zero-order chi connectivity index (χ0) is 14.3. The van der Waals surface area contributed by atoms with Crippen molar-refractivity contribution in [3.8, 4) is 0 Å². The van der Waals surface area contributed by atoms with Crippen LogP contribution in [0.4, 0.5) is 4.79 Å². The maximum Gasteiger partial charge on any atom is 0.318 e. The molecule has 0 saturated carbocycles. The molecule has 2 amide bonds. The summed E-state index contributed by atoms with van der Waals surface area (Å²) in [6, 6.07) is -0.259. The molecule has 0 spiro atoms. The van der Waals surface area contributed by atoms with Gasteiger partial charge in [-0.1, -0.05) is 0 Å². The van der Waals surface area contributed by atoms with Crippen molar-refractivity contribution in [1.82, 2.24) is 19.8 Å². The number of carbonyl (C=O) groups is 2. The molecule has 7 nitrogen and oxygen atoms in total. The first-order valence-corrected chi connectivity index (χ1v) is 6.83. The van der Waals surface area contributed by atoms with Crippen LogP contribution in [-0.2, 0) is 18.4 Å². The summed E-state index contributed by atoms with van der Waals surface area (Å²) in [5.74, 6) is -0.425. The number of fused-ring (bicyclic) bond motifs is 2. The van der Waals surface area contributed by atoms with E-state index in [2.05, 4.69) is 10.3 Å². The highest BCUT2D eigenvalue weighted by Crippen LogP contribution is 2.41. The zero-order valence-corrected chi connectivity index (χ0v) is 11.3. The number of aliphatic carboxylic acids is 1. The van der Waals surface area contributed by atoms with E-state index in [0.29, 0.717) is 13.0 Å². The van der Waals surface area contributed by atoms with Gasteiger partial charge in [-0.25, -0.2) is 9.78 Å². The van der Waals surface area contributed by atoms with Crippen molar-refractivity contribution in [3.05, 3.63) is 18.2 Å². The van der Waals surface area contributed by atoms with Gasteiger partial charge in [-0.15, -0.1) is 0 Å². The topological polar surface area (TPSA) is 87.5 Å². The van der Waals surface area contributed by atoms with Gasteiger partial charge in [0, 0.05) is 31.5 Å². The predicted molar refractivity (Wildman–Crippen MR) is 69.8 cm³/mol. The standard InChI is InChI=1S/C13H18N4O3/c1-16-5-4-14-11(16)7-15-13(20)17-8-2-3-10(17)9(6-8)12(18)19/h4-5,8-10H,2-3,6-7H2,1H3,(H,15,20)(H,18,19). The number of aromatic nitrogens is 2. The molecule has 20 heavy (non-hydrogen) atoms. The van der Waals surface area contributed by atoms with Crippen LogP contribution in [0.3, 0.4) is 0 Å². The SMILES string of the molecule is Cn1ccnc1CNC(=O)N1C2CCC1C(C(=O)O)C2. The Labute approximate surface area is 116 Å². The second-order valence-electron chi connectivity index (χ2n) is 5.50. The first-order valence-electron chi connectivity index (χ1n) is 6.83. The van der Waals surface area contributed by atoms with Crippen LogP contribution in [-0.4, -0.2) is 43.6 Å².